The van der Waals surface area contributed by atoms with E-state index in [0.717, 1.165) is 0 Å². The van der Waals surface area contributed by atoms with E-state index >= 15 is 0 Å². The van der Waals surface area contributed by atoms with Crippen molar-refractivity contribution >= 4 is 37.8 Å². The second-order valence-corrected chi connectivity index (χ2v) is 6.44. The van der Waals surface area contributed by atoms with E-state index in [1.165, 1.54) is 19.2 Å². The Kier molecular flexibility index (Phi) is 6.12. The van der Waals surface area contributed by atoms with Gasteiger partial charge >= 0.3 is 5.97 Å². The van der Waals surface area contributed by atoms with Crippen molar-refractivity contribution in [1.82, 2.24) is 10.0 Å². The van der Waals surface area contributed by atoms with Gasteiger partial charge in [-0.05, 0) is 18.2 Å². The molecule has 8 nitrogen and oxygen atoms in total. The maximum absolute atomic E-state index is 12.1. The smallest absolute Gasteiger partial charge is 0.322 e. The number of carbonyl (C=O) groups excluding carboxylic acids is 1. The highest BCUT2D eigenvalue weighted by Gasteiger charge is 2.20. The fraction of sp³-hybridized carbons (Fsp3) is 0.273. The van der Waals surface area contributed by atoms with E-state index in [-0.39, 0.29) is 10.6 Å². The summed E-state index contributed by atoms with van der Waals surface area (Å²) in [6, 6.07) is 4.40. The average Bonchev–Trinajstić information content (AvgIpc) is 2.43. The molecule has 0 fully saturated rings. The van der Waals surface area contributed by atoms with Crippen LogP contribution in [0.15, 0.2) is 27.6 Å². The largest absolute Gasteiger partial charge is 0.495 e. The Labute approximate surface area is 129 Å². The number of hydrogen-bond acceptors (Lipinski definition) is 5. The lowest BCUT2D eigenvalue weighted by atomic mass is 10.3. The van der Waals surface area contributed by atoms with Crippen LogP contribution in [0.4, 0.5) is 0 Å². The summed E-state index contributed by atoms with van der Waals surface area (Å²) in [6.45, 7) is -1.16. The summed E-state index contributed by atoms with van der Waals surface area (Å²) in [5.74, 6) is -1.86. The third kappa shape index (κ3) is 5.33. The van der Waals surface area contributed by atoms with Crippen LogP contribution in [0.3, 0.4) is 0 Å². The van der Waals surface area contributed by atoms with Crippen molar-refractivity contribution in [3.8, 4) is 5.75 Å². The quantitative estimate of drug-likeness (QED) is 0.608. The van der Waals surface area contributed by atoms with Crippen molar-refractivity contribution in [2.24, 2.45) is 0 Å². The molecule has 116 valence electrons. The summed E-state index contributed by atoms with van der Waals surface area (Å²) in [5.41, 5.74) is 0. The minimum absolute atomic E-state index is 0.122. The van der Waals surface area contributed by atoms with Crippen molar-refractivity contribution in [1.29, 1.82) is 0 Å². The summed E-state index contributed by atoms with van der Waals surface area (Å²) in [5, 5.41) is 10.4. The zero-order valence-electron chi connectivity index (χ0n) is 10.9. The van der Waals surface area contributed by atoms with E-state index in [4.69, 9.17) is 9.84 Å². The fourth-order valence-corrected chi connectivity index (χ4v) is 3.02. The van der Waals surface area contributed by atoms with Crippen molar-refractivity contribution in [3.05, 3.63) is 22.7 Å². The molecule has 0 spiro atoms. The molecular formula is C11H13BrN2O6S. The van der Waals surface area contributed by atoms with Crippen molar-refractivity contribution in [2.45, 2.75) is 4.90 Å². The highest BCUT2D eigenvalue weighted by molar-refractivity contribution is 9.10. The standard InChI is InChI=1S/C11H13BrN2O6S/c1-20-8-3-2-7(12)4-9(8)21(18,19)14-5-10(15)13-6-11(16)17/h2-4,14H,5-6H2,1H3,(H,13,15)(H,16,17). The number of nitrogens with one attached hydrogen (secondary N) is 2. The zero-order chi connectivity index (χ0) is 16.0. The van der Waals surface area contributed by atoms with Crippen LogP contribution in [0.1, 0.15) is 0 Å². The predicted molar refractivity (Wildman–Crippen MR) is 76.5 cm³/mol. The lowest BCUT2D eigenvalue weighted by Crippen LogP contribution is -2.39. The van der Waals surface area contributed by atoms with E-state index in [0.29, 0.717) is 4.47 Å². The first-order chi connectivity index (χ1) is 9.76. The number of carboxylic acids is 1. The molecule has 0 heterocycles. The normalized spacial score (nSPS) is 11.0. The first kappa shape index (κ1) is 17.4. The van der Waals surface area contributed by atoms with Gasteiger partial charge < -0.3 is 15.2 Å². The molecule has 3 N–H and O–H groups in total. The highest BCUT2D eigenvalue weighted by Crippen LogP contribution is 2.26. The first-order valence-corrected chi connectivity index (χ1v) is 7.85. The van der Waals surface area contributed by atoms with E-state index in [1.807, 2.05) is 5.32 Å². The zero-order valence-corrected chi connectivity index (χ0v) is 13.3. The minimum atomic E-state index is -3.97. The molecule has 0 bridgehead atoms. The van der Waals surface area contributed by atoms with E-state index in [9.17, 15) is 18.0 Å². The number of carbonyl (C=O) groups is 2. The maximum atomic E-state index is 12.1. The molecule has 0 saturated carbocycles. The van der Waals surface area contributed by atoms with Crippen LogP contribution in [-0.2, 0) is 19.6 Å². The number of benzene rings is 1. The summed E-state index contributed by atoms with van der Waals surface area (Å²) >= 11 is 3.15. The van der Waals surface area contributed by atoms with Crippen LogP contribution >= 0.6 is 15.9 Å². The Morgan fingerprint density at radius 2 is 2.00 bits per heavy atom. The number of aliphatic carboxylic acids is 1. The third-order valence-electron chi connectivity index (χ3n) is 2.27. The summed E-state index contributed by atoms with van der Waals surface area (Å²) in [7, 11) is -2.65. The Bertz CT molecular complexity index is 646. The molecular weight excluding hydrogens is 368 g/mol. The highest BCUT2D eigenvalue weighted by atomic mass is 79.9. The molecule has 0 aliphatic rings. The summed E-state index contributed by atoms with van der Waals surface area (Å²) in [4.78, 5) is 21.4. The molecule has 0 radical (unpaired) electrons. The molecule has 0 aromatic heterocycles. The maximum Gasteiger partial charge on any atom is 0.322 e. The summed E-state index contributed by atoms with van der Waals surface area (Å²) < 4.78 is 31.7. The molecule has 0 aliphatic carbocycles. The average molecular weight is 381 g/mol. The van der Waals surface area contributed by atoms with Gasteiger partial charge in [-0.25, -0.2) is 13.1 Å². The van der Waals surface area contributed by atoms with Gasteiger partial charge in [-0.1, -0.05) is 15.9 Å². The van der Waals surface area contributed by atoms with Gasteiger partial charge in [0.05, 0.1) is 13.7 Å². The molecule has 1 aromatic carbocycles. The van der Waals surface area contributed by atoms with Crippen LogP contribution in [-0.4, -0.2) is 45.6 Å². The van der Waals surface area contributed by atoms with Gasteiger partial charge in [-0.2, -0.15) is 0 Å². The Morgan fingerprint density at radius 1 is 1.33 bits per heavy atom. The minimum Gasteiger partial charge on any atom is -0.495 e. The molecule has 10 heteroatoms. The second kappa shape index (κ2) is 7.38. The van der Waals surface area contributed by atoms with Crippen LogP contribution in [0.2, 0.25) is 0 Å². The molecule has 1 rings (SSSR count). The number of hydrogen-bond donors (Lipinski definition) is 3. The molecule has 0 saturated heterocycles. The van der Waals surface area contributed by atoms with Crippen LogP contribution in [0.25, 0.3) is 0 Å². The Balaban J connectivity index is 2.80. The van der Waals surface area contributed by atoms with Crippen LogP contribution < -0.4 is 14.8 Å². The molecule has 0 aliphatic heterocycles. The van der Waals surface area contributed by atoms with Crippen LogP contribution in [0.5, 0.6) is 5.75 Å². The lowest BCUT2D eigenvalue weighted by Gasteiger charge is -2.11. The number of sulfonamides is 1. The van der Waals surface area contributed by atoms with Gasteiger partial charge in [-0.15, -0.1) is 0 Å². The monoisotopic (exact) mass is 380 g/mol. The van der Waals surface area contributed by atoms with Gasteiger partial charge in [0.2, 0.25) is 15.9 Å². The number of ether oxygens (including phenoxy) is 1. The van der Waals surface area contributed by atoms with E-state index in [1.54, 1.807) is 6.07 Å². The van der Waals surface area contributed by atoms with Gasteiger partial charge in [0.25, 0.3) is 0 Å². The number of carboxylic acid groups (broad SMARTS) is 1. The number of amides is 1. The van der Waals surface area contributed by atoms with Crippen molar-refractivity contribution in [2.75, 3.05) is 20.2 Å². The lowest BCUT2D eigenvalue weighted by molar-refractivity contribution is -0.137. The van der Waals surface area contributed by atoms with E-state index in [2.05, 4.69) is 20.7 Å². The van der Waals surface area contributed by atoms with Gasteiger partial charge in [0.15, 0.2) is 0 Å². The van der Waals surface area contributed by atoms with Crippen LogP contribution in [0, 0.1) is 0 Å². The molecule has 21 heavy (non-hydrogen) atoms. The van der Waals surface area contributed by atoms with Crippen molar-refractivity contribution < 1.29 is 27.9 Å². The SMILES string of the molecule is COc1ccc(Br)cc1S(=O)(=O)NCC(=O)NCC(=O)O. The summed E-state index contributed by atoms with van der Waals surface area (Å²) in [6.07, 6.45) is 0. The Hall–Kier alpha value is -1.65. The van der Waals surface area contributed by atoms with Gasteiger partial charge in [0, 0.05) is 4.47 Å². The molecule has 0 atom stereocenters. The van der Waals surface area contributed by atoms with Gasteiger partial charge in [-0.3, -0.25) is 9.59 Å². The van der Waals surface area contributed by atoms with Gasteiger partial charge in [0.1, 0.15) is 17.2 Å². The van der Waals surface area contributed by atoms with E-state index < -0.39 is 35.0 Å². The molecule has 1 amide bonds. The number of rotatable bonds is 7. The first-order valence-electron chi connectivity index (χ1n) is 5.58. The topological polar surface area (TPSA) is 122 Å². The molecule has 0 unspecified atom stereocenters. The molecule has 1 aromatic rings. The second-order valence-electron chi connectivity index (χ2n) is 3.79. The number of halogens is 1. The third-order valence-corrected chi connectivity index (χ3v) is 4.19. The van der Waals surface area contributed by atoms with Crippen molar-refractivity contribution in [3.63, 3.8) is 0 Å². The fourth-order valence-electron chi connectivity index (χ4n) is 1.34. The predicted octanol–water partition coefficient (Wildman–Crippen LogP) is -0.0632. The number of methoxy groups -OCH3 is 1. The Morgan fingerprint density at radius 3 is 2.57 bits per heavy atom.